The van der Waals surface area contributed by atoms with Crippen molar-refractivity contribution in [3.8, 4) is 0 Å². The topological polar surface area (TPSA) is 80.2 Å². The molecular formula is C11H18N4O2. The van der Waals surface area contributed by atoms with Crippen molar-refractivity contribution in [2.45, 2.75) is 45.8 Å². The number of aromatic nitrogens is 3. The van der Waals surface area contributed by atoms with Crippen molar-refractivity contribution in [3.63, 3.8) is 0 Å². The number of H-pyrrole nitrogens is 1. The van der Waals surface area contributed by atoms with E-state index in [2.05, 4.69) is 26.9 Å². The summed E-state index contributed by atoms with van der Waals surface area (Å²) in [7, 11) is 0. The Kier molecular flexibility index (Phi) is 3.98. The van der Waals surface area contributed by atoms with E-state index < -0.39 is 11.6 Å². The van der Waals surface area contributed by atoms with Crippen molar-refractivity contribution in [1.29, 1.82) is 0 Å². The van der Waals surface area contributed by atoms with E-state index in [0.29, 0.717) is 11.6 Å². The number of hydrogen-bond donors (Lipinski definition) is 1. The maximum absolute atomic E-state index is 11.6. The number of esters is 1. The summed E-state index contributed by atoms with van der Waals surface area (Å²) in [5, 5.41) is 7.71. The molecule has 0 spiro atoms. The van der Waals surface area contributed by atoms with Gasteiger partial charge in [-0.1, -0.05) is 0 Å². The second-order valence-corrected chi connectivity index (χ2v) is 4.78. The van der Waals surface area contributed by atoms with Crippen LogP contribution in [-0.2, 0) is 9.53 Å². The van der Waals surface area contributed by atoms with E-state index in [1.165, 1.54) is 0 Å². The smallest absolute Gasteiger partial charge is 0.308 e. The van der Waals surface area contributed by atoms with Crippen LogP contribution in [-0.4, -0.2) is 33.5 Å². The molecule has 1 N–H and O–H groups in total. The summed E-state index contributed by atoms with van der Waals surface area (Å²) in [5.74, 6) is 0.880. The minimum absolute atomic E-state index is 0.107. The highest BCUT2D eigenvalue weighted by Crippen LogP contribution is 2.19. The number of nitrogens with zero attached hydrogens (tertiary/aromatic N) is 3. The molecule has 94 valence electrons. The summed E-state index contributed by atoms with van der Waals surface area (Å²) in [5.41, 5.74) is -0.500. The number of rotatable bonds is 4. The molecule has 17 heavy (non-hydrogen) atoms. The number of nitrogens with one attached hydrogen (secondary N) is 1. The SMILES string of the molecule is C=N[C@@H](CC(=O)OC(C)(C)C)c1nnc(C)[nH]1. The van der Waals surface area contributed by atoms with Crippen molar-refractivity contribution < 1.29 is 9.53 Å². The quantitative estimate of drug-likeness (QED) is 0.638. The molecule has 0 amide bonds. The molecule has 0 aliphatic heterocycles. The lowest BCUT2D eigenvalue weighted by molar-refractivity contribution is -0.155. The predicted molar refractivity (Wildman–Crippen MR) is 63.9 cm³/mol. The summed E-state index contributed by atoms with van der Waals surface area (Å²) >= 11 is 0. The molecule has 0 bridgehead atoms. The summed E-state index contributed by atoms with van der Waals surface area (Å²) in [4.78, 5) is 18.4. The van der Waals surface area contributed by atoms with Crippen LogP contribution in [0, 0.1) is 6.92 Å². The number of ether oxygens (including phenoxy) is 1. The second-order valence-electron chi connectivity index (χ2n) is 4.78. The van der Waals surface area contributed by atoms with Crippen molar-refractivity contribution >= 4 is 12.7 Å². The summed E-state index contributed by atoms with van der Waals surface area (Å²) in [6.07, 6.45) is 0.107. The Hall–Kier alpha value is -1.72. The fraction of sp³-hybridized carbons (Fsp3) is 0.636. The van der Waals surface area contributed by atoms with Gasteiger partial charge in [0.05, 0.1) is 6.42 Å². The fourth-order valence-electron chi connectivity index (χ4n) is 1.30. The van der Waals surface area contributed by atoms with Crippen LogP contribution in [0.3, 0.4) is 0 Å². The van der Waals surface area contributed by atoms with Crippen LogP contribution in [0.4, 0.5) is 0 Å². The Morgan fingerprint density at radius 3 is 2.59 bits per heavy atom. The van der Waals surface area contributed by atoms with Gasteiger partial charge in [0.2, 0.25) is 0 Å². The van der Waals surface area contributed by atoms with E-state index in [1.807, 2.05) is 20.8 Å². The van der Waals surface area contributed by atoms with Crippen LogP contribution < -0.4 is 0 Å². The highest BCUT2D eigenvalue weighted by Gasteiger charge is 2.22. The summed E-state index contributed by atoms with van der Waals surface area (Å²) in [6.45, 7) is 10.7. The van der Waals surface area contributed by atoms with Crippen LogP contribution in [0.2, 0.25) is 0 Å². The molecule has 0 fully saturated rings. The molecule has 0 aliphatic rings. The third-order valence-corrected chi connectivity index (χ3v) is 1.93. The van der Waals surface area contributed by atoms with Gasteiger partial charge < -0.3 is 9.72 Å². The van der Waals surface area contributed by atoms with Crippen LogP contribution in [0.5, 0.6) is 0 Å². The predicted octanol–water partition coefficient (Wildman–Crippen LogP) is 1.59. The van der Waals surface area contributed by atoms with Crippen LogP contribution in [0.25, 0.3) is 0 Å². The summed E-state index contributed by atoms with van der Waals surface area (Å²) in [6, 6.07) is -0.439. The van der Waals surface area contributed by atoms with E-state index in [9.17, 15) is 4.79 Å². The van der Waals surface area contributed by atoms with Crippen molar-refractivity contribution in [2.24, 2.45) is 4.99 Å². The highest BCUT2D eigenvalue weighted by molar-refractivity contribution is 5.70. The minimum Gasteiger partial charge on any atom is -0.460 e. The maximum Gasteiger partial charge on any atom is 0.308 e. The number of carbonyl (C=O) groups is 1. The number of aryl methyl sites for hydroxylation is 1. The molecule has 0 aromatic carbocycles. The Morgan fingerprint density at radius 2 is 2.18 bits per heavy atom. The standard InChI is InChI=1S/C11H18N4O2/c1-7-13-10(15-14-7)8(12-5)6-9(16)17-11(2,3)4/h8H,5-6H2,1-4H3,(H,13,14,15)/t8-/m0/s1. The van der Waals surface area contributed by atoms with Gasteiger partial charge in [-0.15, -0.1) is 10.2 Å². The lowest BCUT2D eigenvalue weighted by Crippen LogP contribution is -2.24. The largest absolute Gasteiger partial charge is 0.460 e. The first-order valence-electron chi connectivity index (χ1n) is 5.38. The fourth-order valence-corrected chi connectivity index (χ4v) is 1.30. The molecule has 1 atom stereocenters. The number of aliphatic imine (C=N–C) groups is 1. The number of aromatic amines is 1. The molecule has 0 radical (unpaired) electrons. The van der Waals surface area contributed by atoms with Gasteiger partial charge in [0.1, 0.15) is 17.5 Å². The van der Waals surface area contributed by atoms with E-state index >= 15 is 0 Å². The first kappa shape index (κ1) is 13.3. The van der Waals surface area contributed by atoms with Crippen molar-refractivity contribution in [1.82, 2.24) is 15.2 Å². The Morgan fingerprint density at radius 1 is 1.53 bits per heavy atom. The zero-order chi connectivity index (χ0) is 13.1. The summed E-state index contributed by atoms with van der Waals surface area (Å²) < 4.78 is 5.21. The Balaban J connectivity index is 2.65. The molecule has 1 aromatic rings. The first-order valence-corrected chi connectivity index (χ1v) is 5.38. The number of hydrogen-bond acceptors (Lipinski definition) is 5. The van der Waals surface area contributed by atoms with E-state index in [1.54, 1.807) is 6.92 Å². The zero-order valence-electron chi connectivity index (χ0n) is 10.6. The second kappa shape index (κ2) is 5.07. The number of carbonyl (C=O) groups excluding carboxylic acids is 1. The van der Waals surface area contributed by atoms with Gasteiger partial charge in [-0.05, 0) is 34.4 Å². The maximum atomic E-state index is 11.6. The van der Waals surface area contributed by atoms with Gasteiger partial charge >= 0.3 is 5.97 Å². The molecule has 1 rings (SSSR count). The molecule has 6 heteroatoms. The van der Waals surface area contributed by atoms with Gasteiger partial charge in [0.25, 0.3) is 0 Å². The van der Waals surface area contributed by atoms with Gasteiger partial charge in [-0.25, -0.2) is 0 Å². The van der Waals surface area contributed by atoms with Gasteiger partial charge in [0.15, 0.2) is 5.82 Å². The zero-order valence-corrected chi connectivity index (χ0v) is 10.6. The van der Waals surface area contributed by atoms with Crippen LogP contribution in [0.15, 0.2) is 4.99 Å². The third-order valence-electron chi connectivity index (χ3n) is 1.93. The Labute approximate surface area is 101 Å². The van der Waals surface area contributed by atoms with Crippen molar-refractivity contribution in [3.05, 3.63) is 11.6 Å². The van der Waals surface area contributed by atoms with Crippen LogP contribution >= 0.6 is 0 Å². The molecule has 0 unspecified atom stereocenters. The monoisotopic (exact) mass is 238 g/mol. The molecule has 0 saturated heterocycles. The van der Waals surface area contributed by atoms with Gasteiger partial charge in [-0.2, -0.15) is 0 Å². The average molecular weight is 238 g/mol. The lowest BCUT2D eigenvalue weighted by Gasteiger charge is -2.20. The van der Waals surface area contributed by atoms with Gasteiger partial charge in [-0.3, -0.25) is 9.79 Å². The van der Waals surface area contributed by atoms with Gasteiger partial charge in [0, 0.05) is 0 Å². The molecule has 0 saturated carbocycles. The molecule has 1 heterocycles. The molecule has 1 aromatic heterocycles. The van der Waals surface area contributed by atoms with Crippen molar-refractivity contribution in [2.75, 3.05) is 0 Å². The molecular weight excluding hydrogens is 220 g/mol. The highest BCUT2D eigenvalue weighted by atomic mass is 16.6. The van der Waals surface area contributed by atoms with Crippen LogP contribution in [0.1, 0.15) is 44.9 Å². The normalized spacial score (nSPS) is 13.2. The molecule has 0 aliphatic carbocycles. The van der Waals surface area contributed by atoms with E-state index in [-0.39, 0.29) is 12.4 Å². The Bertz CT molecular complexity index is 406. The first-order chi connectivity index (χ1) is 7.81. The lowest BCUT2D eigenvalue weighted by atomic mass is 10.1. The van der Waals surface area contributed by atoms with E-state index in [0.717, 1.165) is 0 Å². The molecule has 6 nitrogen and oxygen atoms in total. The van der Waals surface area contributed by atoms with E-state index in [4.69, 9.17) is 4.74 Å². The third kappa shape index (κ3) is 4.34. The average Bonchev–Trinajstić information content (AvgIpc) is 2.58. The minimum atomic E-state index is -0.500.